The van der Waals surface area contributed by atoms with Crippen LogP contribution in [0, 0.1) is 0 Å². The molecule has 2 aliphatic rings. The normalized spacial score (nSPS) is 26.1. The number of aliphatic hydroxyl groups excluding tert-OH is 5. The van der Waals surface area contributed by atoms with Crippen molar-refractivity contribution in [3.05, 3.63) is 12.2 Å². The van der Waals surface area contributed by atoms with Crippen LogP contribution in [0.4, 0.5) is 0 Å². The average Bonchev–Trinajstić information content (AvgIpc) is 3.96. The van der Waals surface area contributed by atoms with Gasteiger partial charge in [-0.25, -0.2) is 4.57 Å². The van der Waals surface area contributed by atoms with Crippen molar-refractivity contribution in [2.75, 3.05) is 13.2 Å². The summed E-state index contributed by atoms with van der Waals surface area (Å²) in [5, 5.41) is 50.1. The van der Waals surface area contributed by atoms with Gasteiger partial charge in [0.25, 0.3) is 0 Å². The van der Waals surface area contributed by atoms with Crippen LogP contribution in [0.2, 0.25) is 0 Å². The molecule has 1 saturated heterocycles. The number of aliphatic hydroxyl groups is 5. The summed E-state index contributed by atoms with van der Waals surface area (Å²) in [4.78, 5) is 35.7. The van der Waals surface area contributed by atoms with E-state index in [2.05, 4.69) is 26.0 Å². The predicted octanol–water partition coefficient (Wildman–Crippen LogP) is 7.27. The van der Waals surface area contributed by atoms with Gasteiger partial charge < -0.3 is 44.6 Å². The second kappa shape index (κ2) is 31.4. The zero-order chi connectivity index (χ0) is 42.6. The van der Waals surface area contributed by atoms with E-state index in [-0.39, 0.29) is 12.8 Å². The van der Waals surface area contributed by atoms with Gasteiger partial charge in [0.05, 0.1) is 18.8 Å². The molecule has 15 heteroatoms. The highest BCUT2D eigenvalue weighted by Crippen LogP contribution is 2.47. The van der Waals surface area contributed by atoms with Crippen LogP contribution >= 0.6 is 7.82 Å². The van der Waals surface area contributed by atoms with Gasteiger partial charge in [0.2, 0.25) is 0 Å². The highest BCUT2D eigenvalue weighted by Gasteiger charge is 2.51. The molecule has 58 heavy (non-hydrogen) atoms. The largest absolute Gasteiger partial charge is 0.472 e. The lowest BCUT2D eigenvalue weighted by Gasteiger charge is -2.41. The summed E-state index contributed by atoms with van der Waals surface area (Å²) in [5.74, 6) is -1.12. The van der Waals surface area contributed by atoms with E-state index in [1.54, 1.807) is 0 Å². The van der Waals surface area contributed by atoms with Crippen molar-refractivity contribution in [2.24, 2.45) is 0 Å². The number of epoxide rings is 1. The van der Waals surface area contributed by atoms with E-state index in [4.69, 9.17) is 23.3 Å². The standard InChI is InChI=1S/C43H79O14P/c1-3-5-7-9-11-12-13-14-15-16-17-21-26-30-37(45)55-33(32-54-58(51,52)57-43-41(49)39(47)38(46)40(48)42(43)50)31-53-36(44)29-25-22-18-20-24-28-35-34(56-35)27-23-19-10-8-6-4-2/h19,23,33-35,38-43,46-50H,3-18,20-22,24-32H2,1-2H3,(H,51,52)/b23-19-/t33-,34?,35?,38?,39-,40+,41-,42-,43?/m1/s1. The molecule has 1 saturated carbocycles. The Morgan fingerprint density at radius 2 is 1.09 bits per heavy atom. The number of ether oxygens (including phenoxy) is 3. The third kappa shape index (κ3) is 23.5. The van der Waals surface area contributed by atoms with Crippen LogP contribution in [0.5, 0.6) is 0 Å². The zero-order valence-corrected chi connectivity index (χ0v) is 36.4. The summed E-state index contributed by atoms with van der Waals surface area (Å²) in [5.41, 5.74) is 0. The minimum absolute atomic E-state index is 0.0950. The Morgan fingerprint density at radius 1 is 0.603 bits per heavy atom. The van der Waals surface area contributed by atoms with E-state index in [1.165, 1.54) is 70.6 Å². The molecule has 0 aromatic carbocycles. The monoisotopic (exact) mass is 851 g/mol. The average molecular weight is 851 g/mol. The van der Waals surface area contributed by atoms with Crippen LogP contribution < -0.4 is 0 Å². The second-order valence-electron chi connectivity index (χ2n) is 16.3. The third-order valence-electron chi connectivity index (χ3n) is 11.0. The van der Waals surface area contributed by atoms with E-state index in [9.17, 15) is 44.6 Å². The Balaban J connectivity index is 1.71. The highest BCUT2D eigenvalue weighted by molar-refractivity contribution is 7.47. The zero-order valence-electron chi connectivity index (χ0n) is 35.5. The Morgan fingerprint density at radius 3 is 1.66 bits per heavy atom. The molecule has 0 radical (unpaired) electrons. The lowest BCUT2D eigenvalue weighted by atomic mass is 9.85. The first kappa shape index (κ1) is 52.7. The lowest BCUT2D eigenvalue weighted by molar-refractivity contribution is -0.220. The molecule has 6 N–H and O–H groups in total. The molecule has 0 amide bonds. The molecule has 10 atom stereocenters. The fraction of sp³-hybridized carbons (Fsp3) is 0.907. The van der Waals surface area contributed by atoms with Gasteiger partial charge in [-0.1, -0.05) is 142 Å². The SMILES string of the molecule is CCCCC/C=C\CC1OC1CCCCCCCC(=O)OC[C@H](COP(=O)(O)OC1[C@H](O)[C@H](O)C(O)[C@H](O)[C@H]1O)OC(=O)CCCCCCCCCCCCCCC. The maximum Gasteiger partial charge on any atom is 0.472 e. The first-order valence-electron chi connectivity index (χ1n) is 22.6. The summed E-state index contributed by atoms with van der Waals surface area (Å²) in [6.45, 7) is 3.24. The van der Waals surface area contributed by atoms with E-state index >= 15 is 0 Å². The molecular formula is C43H79O14P. The molecule has 1 heterocycles. The number of allylic oxidation sites excluding steroid dienone is 1. The smallest absolute Gasteiger partial charge is 0.462 e. The third-order valence-corrected chi connectivity index (χ3v) is 12.0. The molecule has 2 rings (SSSR count). The minimum atomic E-state index is -5.12. The Labute approximate surface area is 348 Å². The Hall–Kier alpha value is -1.45. The van der Waals surface area contributed by atoms with Crippen LogP contribution in [0.25, 0.3) is 0 Å². The molecule has 2 fully saturated rings. The molecule has 14 nitrogen and oxygen atoms in total. The van der Waals surface area contributed by atoms with E-state index < -0.39 is 75.7 Å². The van der Waals surface area contributed by atoms with E-state index in [0.717, 1.165) is 70.6 Å². The number of phosphoric ester groups is 1. The summed E-state index contributed by atoms with van der Waals surface area (Å²) in [6, 6.07) is 0. The lowest BCUT2D eigenvalue weighted by Crippen LogP contribution is -2.64. The number of unbranched alkanes of at least 4 members (excludes halogenated alkanes) is 19. The Bertz CT molecular complexity index is 1140. The molecule has 340 valence electrons. The van der Waals surface area contributed by atoms with Gasteiger partial charge in [-0.15, -0.1) is 0 Å². The number of hydrogen-bond acceptors (Lipinski definition) is 13. The Kier molecular flexibility index (Phi) is 28.5. The molecular weight excluding hydrogens is 771 g/mol. The van der Waals surface area contributed by atoms with Crippen molar-refractivity contribution in [1.82, 2.24) is 0 Å². The quantitative estimate of drug-likeness (QED) is 0.0120. The maximum absolute atomic E-state index is 12.8. The van der Waals surface area contributed by atoms with Gasteiger partial charge in [-0.05, 0) is 38.5 Å². The van der Waals surface area contributed by atoms with E-state index in [0.29, 0.717) is 25.0 Å². The van der Waals surface area contributed by atoms with E-state index in [1.807, 2.05) is 0 Å². The number of esters is 2. The van der Waals surface area contributed by atoms with Gasteiger partial charge in [-0.2, -0.15) is 0 Å². The number of phosphoric acid groups is 1. The van der Waals surface area contributed by atoms with Crippen LogP contribution in [-0.2, 0) is 37.4 Å². The number of rotatable bonds is 36. The van der Waals surface area contributed by atoms with Crippen molar-refractivity contribution in [2.45, 2.75) is 236 Å². The molecule has 0 bridgehead atoms. The minimum Gasteiger partial charge on any atom is -0.462 e. The van der Waals surface area contributed by atoms with Crippen LogP contribution in [0.1, 0.15) is 181 Å². The van der Waals surface area contributed by atoms with Crippen molar-refractivity contribution in [3.63, 3.8) is 0 Å². The van der Waals surface area contributed by atoms with Crippen molar-refractivity contribution in [1.29, 1.82) is 0 Å². The summed E-state index contributed by atoms with van der Waals surface area (Å²) >= 11 is 0. The first-order valence-corrected chi connectivity index (χ1v) is 24.1. The van der Waals surface area contributed by atoms with Gasteiger partial charge in [0.15, 0.2) is 6.10 Å². The van der Waals surface area contributed by atoms with Crippen LogP contribution in [0.15, 0.2) is 12.2 Å². The fourth-order valence-electron chi connectivity index (χ4n) is 7.24. The molecule has 1 aliphatic carbocycles. The summed E-state index contributed by atoms with van der Waals surface area (Å²) in [7, 11) is -5.12. The molecule has 0 spiro atoms. The van der Waals surface area contributed by atoms with Gasteiger partial charge in [0.1, 0.15) is 43.2 Å². The molecule has 0 aromatic rings. The second-order valence-corrected chi connectivity index (χ2v) is 17.7. The highest BCUT2D eigenvalue weighted by atomic mass is 31.2. The molecule has 1 aliphatic heterocycles. The van der Waals surface area contributed by atoms with Crippen molar-refractivity contribution < 1.29 is 67.8 Å². The molecule has 0 aromatic heterocycles. The number of carbonyl (C=O) groups is 2. The maximum atomic E-state index is 12.8. The first-order chi connectivity index (χ1) is 27.9. The molecule has 5 unspecified atom stereocenters. The van der Waals surface area contributed by atoms with Gasteiger partial charge in [0, 0.05) is 12.8 Å². The fourth-order valence-corrected chi connectivity index (χ4v) is 8.21. The predicted molar refractivity (Wildman–Crippen MR) is 221 cm³/mol. The van der Waals surface area contributed by atoms with Gasteiger partial charge >= 0.3 is 19.8 Å². The topological polar surface area (TPSA) is 222 Å². The van der Waals surface area contributed by atoms with Crippen LogP contribution in [-0.4, -0.2) is 111 Å². The number of hydrogen-bond donors (Lipinski definition) is 6. The van der Waals surface area contributed by atoms with Crippen molar-refractivity contribution >= 4 is 19.8 Å². The van der Waals surface area contributed by atoms with Gasteiger partial charge in [-0.3, -0.25) is 18.6 Å². The van der Waals surface area contributed by atoms with Crippen molar-refractivity contribution in [3.8, 4) is 0 Å². The summed E-state index contributed by atoms with van der Waals surface area (Å²) < 4.78 is 39.3. The van der Waals surface area contributed by atoms with Crippen LogP contribution in [0.3, 0.4) is 0 Å². The number of carbonyl (C=O) groups excluding carboxylic acids is 2. The summed E-state index contributed by atoms with van der Waals surface area (Å²) in [6.07, 6.45) is 18.6.